The Bertz CT molecular complexity index is 422. The first kappa shape index (κ1) is 14.5. The average Bonchev–Trinajstić information content (AvgIpc) is 2.29. The molecule has 0 heterocycles. The molecule has 1 nitrogen and oxygen atoms in total. The highest BCUT2D eigenvalue weighted by atomic mass is 32.1. The van der Waals surface area contributed by atoms with Crippen LogP contribution >= 0.6 is 25.3 Å². The topological polar surface area (TPSA) is 9.23 Å². The van der Waals surface area contributed by atoms with Gasteiger partial charge in [0.15, 0.2) is 0 Å². The van der Waals surface area contributed by atoms with Crippen LogP contribution in [0, 0.1) is 12.8 Å². The molecule has 3 heteroatoms. The number of rotatable bonds is 4. The van der Waals surface area contributed by atoms with Crippen LogP contribution in [0.5, 0.6) is 5.75 Å². The molecule has 0 atom stereocenters. The Morgan fingerprint density at radius 3 is 2.47 bits per heavy atom. The Labute approximate surface area is 115 Å². The summed E-state index contributed by atoms with van der Waals surface area (Å²) in [7, 11) is 0. The van der Waals surface area contributed by atoms with Gasteiger partial charge in [-0.25, -0.2) is 0 Å². The predicted molar refractivity (Wildman–Crippen MR) is 82.1 cm³/mol. The van der Waals surface area contributed by atoms with E-state index < -0.39 is 0 Å². The zero-order valence-corrected chi connectivity index (χ0v) is 12.6. The molecule has 17 heavy (non-hydrogen) atoms. The van der Waals surface area contributed by atoms with Crippen LogP contribution < -0.4 is 4.74 Å². The van der Waals surface area contributed by atoms with Gasteiger partial charge in [0.25, 0.3) is 0 Å². The first-order chi connectivity index (χ1) is 7.97. The Morgan fingerprint density at radius 1 is 1.29 bits per heavy atom. The quantitative estimate of drug-likeness (QED) is 0.760. The molecule has 0 aliphatic heterocycles. The smallest absolute Gasteiger partial charge is 0.127 e. The molecule has 0 unspecified atom stereocenters. The minimum Gasteiger partial charge on any atom is -0.493 e. The van der Waals surface area contributed by atoms with Crippen molar-refractivity contribution in [2.24, 2.45) is 5.92 Å². The average molecular weight is 268 g/mol. The summed E-state index contributed by atoms with van der Waals surface area (Å²) in [6.07, 6.45) is 0. The van der Waals surface area contributed by atoms with Crippen LogP contribution in [-0.2, 0) is 0 Å². The van der Waals surface area contributed by atoms with Crippen molar-refractivity contribution >= 4 is 30.2 Å². The van der Waals surface area contributed by atoms with Crippen molar-refractivity contribution < 1.29 is 4.74 Å². The van der Waals surface area contributed by atoms with Crippen molar-refractivity contribution in [1.29, 1.82) is 0 Å². The number of hydrogen-bond acceptors (Lipinski definition) is 3. The molecule has 0 amide bonds. The minimum atomic E-state index is 0.362. The highest BCUT2D eigenvalue weighted by Gasteiger charge is 2.11. The van der Waals surface area contributed by atoms with Crippen LogP contribution in [0.2, 0.25) is 0 Å². The maximum absolute atomic E-state index is 5.63. The molecule has 0 aliphatic carbocycles. The number of benzene rings is 1. The summed E-state index contributed by atoms with van der Waals surface area (Å²) in [4.78, 5) is 1.88. The molecule has 1 rings (SSSR count). The second-order valence-corrected chi connectivity index (χ2v) is 5.25. The lowest BCUT2D eigenvalue weighted by Gasteiger charge is -2.14. The number of ether oxygens (including phenoxy) is 1. The van der Waals surface area contributed by atoms with Gasteiger partial charge < -0.3 is 4.74 Å². The molecular formula is C14H20OS2. The molecular weight excluding hydrogens is 248 g/mol. The molecule has 0 spiro atoms. The number of allylic oxidation sites excluding steroid dienone is 1. The predicted octanol–water partition coefficient (Wildman–Crippen LogP) is 4.58. The number of hydrogen-bond donors (Lipinski definition) is 2. The summed E-state index contributed by atoms with van der Waals surface area (Å²) in [5.41, 5.74) is 2.22. The van der Waals surface area contributed by atoms with Crippen LogP contribution in [0.25, 0.3) is 4.91 Å². The van der Waals surface area contributed by atoms with E-state index >= 15 is 0 Å². The first-order valence-corrected chi connectivity index (χ1v) is 6.72. The normalized spacial score (nSPS) is 12.6. The van der Waals surface area contributed by atoms with Crippen molar-refractivity contribution in [2.45, 2.75) is 27.7 Å². The lowest BCUT2D eigenvalue weighted by molar-refractivity contribution is 0.339. The lowest BCUT2D eigenvalue weighted by Crippen LogP contribution is -1.97. The lowest BCUT2D eigenvalue weighted by atomic mass is 10.1. The van der Waals surface area contributed by atoms with Gasteiger partial charge in [-0.05, 0) is 36.8 Å². The molecule has 1 aromatic rings. The van der Waals surface area contributed by atoms with Gasteiger partial charge >= 0.3 is 0 Å². The molecule has 0 radical (unpaired) electrons. The van der Waals surface area contributed by atoms with Gasteiger partial charge in [0, 0.05) is 10.5 Å². The fourth-order valence-corrected chi connectivity index (χ4v) is 2.08. The molecule has 0 aliphatic rings. The van der Waals surface area contributed by atoms with E-state index in [4.69, 9.17) is 4.74 Å². The fourth-order valence-electron chi connectivity index (χ4n) is 1.52. The van der Waals surface area contributed by atoms with Gasteiger partial charge in [0.05, 0.1) is 6.61 Å². The van der Waals surface area contributed by atoms with E-state index in [1.165, 1.54) is 5.56 Å². The van der Waals surface area contributed by atoms with Gasteiger partial charge in [-0.1, -0.05) is 25.5 Å². The third kappa shape index (κ3) is 3.71. The van der Waals surface area contributed by atoms with E-state index in [0.29, 0.717) is 12.5 Å². The van der Waals surface area contributed by atoms with E-state index in [-0.39, 0.29) is 0 Å². The SMILES string of the molecule is CCOc1ccc(C)cc1C(S)=C(S)C(C)C. The van der Waals surface area contributed by atoms with Gasteiger partial charge in [0.2, 0.25) is 0 Å². The molecule has 0 N–H and O–H groups in total. The zero-order chi connectivity index (χ0) is 13.0. The number of aryl methyl sites for hydroxylation is 1. The summed E-state index contributed by atoms with van der Waals surface area (Å²) in [6.45, 7) is 8.91. The summed E-state index contributed by atoms with van der Waals surface area (Å²) in [5, 5.41) is 0. The van der Waals surface area contributed by atoms with Gasteiger partial charge in [-0.15, -0.1) is 25.3 Å². The van der Waals surface area contributed by atoms with Crippen LogP contribution in [0.3, 0.4) is 0 Å². The second kappa shape index (κ2) is 6.41. The molecule has 0 saturated heterocycles. The fraction of sp³-hybridized carbons (Fsp3) is 0.429. The molecule has 0 aromatic heterocycles. The highest BCUT2D eigenvalue weighted by Crippen LogP contribution is 2.35. The standard InChI is InChI=1S/C14H20OS2/c1-5-15-12-7-6-10(4)8-11(12)14(17)13(16)9(2)3/h6-9,16-17H,5H2,1-4H3. The van der Waals surface area contributed by atoms with Crippen molar-refractivity contribution in [3.63, 3.8) is 0 Å². The summed E-state index contributed by atoms with van der Waals surface area (Å²) < 4.78 is 5.63. The van der Waals surface area contributed by atoms with Crippen molar-refractivity contribution in [3.8, 4) is 5.75 Å². The summed E-state index contributed by atoms with van der Waals surface area (Å²) in [6, 6.07) is 6.13. The maximum Gasteiger partial charge on any atom is 0.127 e. The van der Waals surface area contributed by atoms with Crippen LogP contribution in [0.4, 0.5) is 0 Å². The van der Waals surface area contributed by atoms with E-state index in [1.807, 2.05) is 19.1 Å². The third-order valence-corrected chi connectivity index (χ3v) is 3.88. The van der Waals surface area contributed by atoms with Crippen LogP contribution in [-0.4, -0.2) is 6.61 Å². The molecule has 94 valence electrons. The van der Waals surface area contributed by atoms with E-state index in [2.05, 4.69) is 52.1 Å². The number of thiol groups is 2. The maximum atomic E-state index is 5.63. The Kier molecular flexibility index (Phi) is 5.47. The Morgan fingerprint density at radius 2 is 1.94 bits per heavy atom. The largest absolute Gasteiger partial charge is 0.493 e. The highest BCUT2D eigenvalue weighted by molar-refractivity contribution is 7.93. The summed E-state index contributed by atoms with van der Waals surface area (Å²) >= 11 is 9.12. The molecule has 0 saturated carbocycles. The van der Waals surface area contributed by atoms with Crippen molar-refractivity contribution in [2.75, 3.05) is 6.61 Å². The van der Waals surface area contributed by atoms with Crippen molar-refractivity contribution in [1.82, 2.24) is 0 Å². The van der Waals surface area contributed by atoms with Crippen molar-refractivity contribution in [3.05, 3.63) is 34.2 Å². The molecule has 0 fully saturated rings. The monoisotopic (exact) mass is 268 g/mol. The Balaban J connectivity index is 3.28. The minimum absolute atomic E-state index is 0.362. The van der Waals surface area contributed by atoms with Crippen LogP contribution in [0.15, 0.2) is 23.1 Å². The second-order valence-electron chi connectivity index (χ2n) is 4.32. The van der Waals surface area contributed by atoms with Gasteiger partial charge in [-0.3, -0.25) is 0 Å². The first-order valence-electron chi connectivity index (χ1n) is 5.83. The van der Waals surface area contributed by atoms with E-state index in [0.717, 1.165) is 21.1 Å². The van der Waals surface area contributed by atoms with E-state index in [9.17, 15) is 0 Å². The third-order valence-electron chi connectivity index (χ3n) is 2.48. The molecule has 1 aromatic carbocycles. The molecule has 0 bridgehead atoms. The van der Waals surface area contributed by atoms with Crippen LogP contribution in [0.1, 0.15) is 31.9 Å². The van der Waals surface area contributed by atoms with Gasteiger partial charge in [0.1, 0.15) is 5.75 Å². The Hall–Kier alpha value is -0.540. The van der Waals surface area contributed by atoms with E-state index in [1.54, 1.807) is 0 Å². The summed E-state index contributed by atoms with van der Waals surface area (Å²) in [5.74, 6) is 1.23. The zero-order valence-electron chi connectivity index (χ0n) is 10.8. The van der Waals surface area contributed by atoms with Gasteiger partial charge in [-0.2, -0.15) is 0 Å².